The number of quaternary nitrogens is 1. The van der Waals surface area contributed by atoms with Crippen LogP contribution >= 0.6 is 0 Å². The lowest BCUT2D eigenvalue weighted by Crippen LogP contribution is -2.82. The predicted octanol–water partition coefficient (Wildman–Crippen LogP) is 2.66. The fourth-order valence-electron chi connectivity index (χ4n) is 7.25. The number of likely N-dealkylation sites (tertiary alicyclic amines) is 1. The Morgan fingerprint density at radius 3 is 2.81 bits per heavy atom. The summed E-state index contributed by atoms with van der Waals surface area (Å²) in [6.45, 7) is 7.59. The van der Waals surface area contributed by atoms with Crippen molar-refractivity contribution in [2.45, 2.75) is 68.2 Å². The van der Waals surface area contributed by atoms with Crippen molar-refractivity contribution in [3.8, 4) is 11.5 Å². The number of benzene rings is 1. The van der Waals surface area contributed by atoms with E-state index in [4.69, 9.17) is 4.74 Å². The molecule has 4 nitrogen and oxygen atoms in total. The zero-order chi connectivity index (χ0) is 18.1. The molecule has 3 bridgehead atoms. The molecule has 0 radical (unpaired) electrons. The zero-order valence-corrected chi connectivity index (χ0v) is 15.7. The summed E-state index contributed by atoms with van der Waals surface area (Å²) in [6, 6.07) is 4.48. The van der Waals surface area contributed by atoms with E-state index in [0.29, 0.717) is 11.8 Å². The van der Waals surface area contributed by atoms with Crippen LogP contribution in [0.1, 0.15) is 43.7 Å². The van der Waals surface area contributed by atoms with E-state index < -0.39 is 11.0 Å². The minimum Gasteiger partial charge on any atom is -0.504 e. The van der Waals surface area contributed by atoms with Gasteiger partial charge in [-0.2, -0.15) is 0 Å². The first kappa shape index (κ1) is 15.5. The molecule has 2 N–H and O–H groups in total. The van der Waals surface area contributed by atoms with Gasteiger partial charge >= 0.3 is 0 Å². The molecule has 3 fully saturated rings. The van der Waals surface area contributed by atoms with Gasteiger partial charge in [0, 0.05) is 30.7 Å². The molecule has 26 heavy (non-hydrogen) atoms. The quantitative estimate of drug-likeness (QED) is 0.634. The van der Waals surface area contributed by atoms with Gasteiger partial charge in [0.15, 0.2) is 11.5 Å². The summed E-state index contributed by atoms with van der Waals surface area (Å²) in [5, 5.41) is 22.5. The van der Waals surface area contributed by atoms with E-state index in [-0.39, 0.29) is 17.9 Å². The second-order valence-corrected chi connectivity index (χ2v) is 9.98. The third-order valence-corrected chi connectivity index (χ3v) is 8.64. The van der Waals surface area contributed by atoms with E-state index in [9.17, 15) is 10.2 Å². The number of nitrogens with zero attached hydrogens (tertiary/aromatic N) is 1. The van der Waals surface area contributed by atoms with Gasteiger partial charge in [-0.15, -0.1) is 0 Å². The first-order valence-electron chi connectivity index (χ1n) is 10.1. The Hall–Kier alpha value is -1.52. The maximum atomic E-state index is 12.1. The number of aliphatic hydroxyl groups is 1. The van der Waals surface area contributed by atoms with Crippen LogP contribution in [0.25, 0.3) is 0 Å². The monoisotopic (exact) mass is 354 g/mol. The van der Waals surface area contributed by atoms with Crippen molar-refractivity contribution in [3.05, 3.63) is 35.4 Å². The normalized spacial score (nSPS) is 47.7. The number of rotatable bonds is 2. The number of phenolic OH excluding ortho intramolecular Hbond substituents is 1. The van der Waals surface area contributed by atoms with Crippen molar-refractivity contribution >= 4 is 0 Å². The molecule has 2 heterocycles. The highest BCUT2D eigenvalue weighted by molar-refractivity contribution is 5.63. The largest absolute Gasteiger partial charge is 0.504 e. The first-order valence-corrected chi connectivity index (χ1v) is 10.1. The molecule has 1 aromatic rings. The molecule has 3 aliphatic carbocycles. The molecule has 6 rings (SSSR count). The van der Waals surface area contributed by atoms with Crippen LogP contribution in [-0.2, 0) is 11.8 Å². The van der Waals surface area contributed by atoms with Gasteiger partial charge < -0.3 is 19.4 Å². The average molecular weight is 354 g/mol. The van der Waals surface area contributed by atoms with Crippen LogP contribution in [0.5, 0.6) is 11.5 Å². The minimum atomic E-state index is -0.868. The fourth-order valence-corrected chi connectivity index (χ4v) is 7.25. The number of fused-ring (bicyclic) bond motifs is 2. The number of piperidine rings is 1. The van der Waals surface area contributed by atoms with Crippen molar-refractivity contribution in [2.24, 2.45) is 5.92 Å². The third kappa shape index (κ3) is 1.49. The number of phenols is 1. The summed E-state index contributed by atoms with van der Waals surface area (Å²) in [6.07, 6.45) is 5.20. The minimum absolute atomic E-state index is 0.170. The highest BCUT2D eigenvalue weighted by Crippen LogP contribution is 2.67. The highest BCUT2D eigenvalue weighted by Gasteiger charge is 2.76. The number of hydrogen-bond acceptors (Lipinski definition) is 3. The average Bonchev–Trinajstić information content (AvgIpc) is 3.29. The Kier molecular flexibility index (Phi) is 2.57. The highest BCUT2D eigenvalue weighted by atomic mass is 16.5. The van der Waals surface area contributed by atoms with Gasteiger partial charge in [0.2, 0.25) is 0 Å². The van der Waals surface area contributed by atoms with Crippen LogP contribution in [0, 0.1) is 5.92 Å². The standard InChI is InChI=1S/C22H27NO3/c1-12-8-15-10-22-18-14(6-7-16(24)19(18)26-20(12)22)9-17(21(22,2)25)23(15,3)11-13-4-5-13/h6-7,13,15,17,20,25H,1,4-5,8-11H2,2-3H3/p+1/t15?,17-,20+,21-,22+,23?/m1/s1. The molecule has 0 amide bonds. The van der Waals surface area contributed by atoms with E-state index >= 15 is 0 Å². The zero-order valence-electron chi connectivity index (χ0n) is 15.7. The molecular formula is C22H28NO3+. The van der Waals surface area contributed by atoms with Crippen LogP contribution in [0.3, 0.4) is 0 Å². The van der Waals surface area contributed by atoms with Crippen LogP contribution < -0.4 is 4.74 Å². The second-order valence-electron chi connectivity index (χ2n) is 9.98. The molecule has 4 heteroatoms. The summed E-state index contributed by atoms with van der Waals surface area (Å²) in [5.74, 6) is 1.62. The summed E-state index contributed by atoms with van der Waals surface area (Å²) in [7, 11) is 2.38. The van der Waals surface area contributed by atoms with Crippen molar-refractivity contribution in [1.82, 2.24) is 0 Å². The van der Waals surface area contributed by atoms with Crippen LogP contribution in [-0.4, -0.2) is 52.1 Å². The fraction of sp³-hybridized carbons (Fsp3) is 0.636. The predicted molar refractivity (Wildman–Crippen MR) is 98.3 cm³/mol. The summed E-state index contributed by atoms with van der Waals surface area (Å²) in [4.78, 5) is 0. The Morgan fingerprint density at radius 2 is 2.08 bits per heavy atom. The maximum Gasteiger partial charge on any atom is 0.166 e. The van der Waals surface area contributed by atoms with E-state index in [0.717, 1.165) is 40.8 Å². The Morgan fingerprint density at radius 1 is 1.31 bits per heavy atom. The number of likely N-dealkylation sites (N-methyl/N-ethyl adjacent to an activating group) is 1. The molecule has 2 aliphatic heterocycles. The number of aromatic hydroxyl groups is 1. The van der Waals surface area contributed by atoms with E-state index in [1.165, 1.54) is 24.9 Å². The van der Waals surface area contributed by atoms with Crippen molar-refractivity contribution in [2.75, 3.05) is 13.6 Å². The van der Waals surface area contributed by atoms with E-state index in [1.807, 2.05) is 6.92 Å². The smallest absolute Gasteiger partial charge is 0.166 e. The lowest BCUT2D eigenvalue weighted by molar-refractivity contribution is -0.973. The lowest BCUT2D eigenvalue weighted by Gasteiger charge is -2.67. The Bertz CT molecular complexity index is 857. The first-order chi connectivity index (χ1) is 12.3. The van der Waals surface area contributed by atoms with Gasteiger partial charge in [-0.3, -0.25) is 0 Å². The van der Waals surface area contributed by atoms with E-state index in [2.05, 4.69) is 19.7 Å². The summed E-state index contributed by atoms with van der Waals surface area (Å²) >= 11 is 0. The summed E-state index contributed by atoms with van der Waals surface area (Å²) < 4.78 is 7.28. The molecule has 2 unspecified atom stereocenters. The number of ether oxygens (including phenoxy) is 1. The van der Waals surface area contributed by atoms with Gasteiger partial charge in [-0.1, -0.05) is 12.6 Å². The summed E-state index contributed by atoms with van der Waals surface area (Å²) in [5.41, 5.74) is 2.09. The topological polar surface area (TPSA) is 49.7 Å². The SMILES string of the molecule is C=C1CC2C[C@]34c5c(ccc(O)c5O[C@@H]13)C[C@H]([C@@]4(C)O)[N+]2(C)CC1CC1. The molecule has 138 valence electrons. The number of hydrogen-bond donors (Lipinski definition) is 2. The van der Waals surface area contributed by atoms with Crippen LogP contribution in [0.2, 0.25) is 0 Å². The van der Waals surface area contributed by atoms with Crippen LogP contribution in [0.4, 0.5) is 0 Å². The van der Waals surface area contributed by atoms with Gasteiger partial charge in [-0.05, 0) is 37.0 Å². The lowest BCUT2D eigenvalue weighted by atomic mass is 9.48. The van der Waals surface area contributed by atoms with Crippen molar-refractivity contribution < 1.29 is 19.4 Å². The Labute approximate surface area is 154 Å². The Balaban J connectivity index is 1.64. The van der Waals surface area contributed by atoms with Gasteiger partial charge in [-0.25, -0.2) is 0 Å². The van der Waals surface area contributed by atoms with Gasteiger partial charge in [0.05, 0.1) is 25.0 Å². The molecule has 1 aromatic carbocycles. The molecule has 2 saturated carbocycles. The maximum absolute atomic E-state index is 12.1. The molecule has 1 spiro atoms. The van der Waals surface area contributed by atoms with Gasteiger partial charge in [0.1, 0.15) is 17.7 Å². The molecule has 6 atom stereocenters. The van der Waals surface area contributed by atoms with Crippen molar-refractivity contribution in [3.63, 3.8) is 0 Å². The van der Waals surface area contributed by atoms with Crippen molar-refractivity contribution in [1.29, 1.82) is 0 Å². The van der Waals surface area contributed by atoms with E-state index in [1.54, 1.807) is 6.07 Å². The van der Waals surface area contributed by atoms with Crippen LogP contribution in [0.15, 0.2) is 24.3 Å². The second kappa shape index (κ2) is 4.31. The molecular weight excluding hydrogens is 326 g/mol. The molecule has 5 aliphatic rings. The molecule has 1 saturated heterocycles. The molecule has 0 aromatic heterocycles. The third-order valence-electron chi connectivity index (χ3n) is 8.64. The van der Waals surface area contributed by atoms with Gasteiger partial charge in [0.25, 0.3) is 0 Å².